The summed E-state index contributed by atoms with van der Waals surface area (Å²) in [6.07, 6.45) is 1.34. The highest BCUT2D eigenvalue weighted by molar-refractivity contribution is 5.63. The maximum Gasteiger partial charge on any atom is 0.373 e. The van der Waals surface area contributed by atoms with E-state index in [1.165, 1.54) is 17.5 Å². The van der Waals surface area contributed by atoms with Gasteiger partial charge in [0.2, 0.25) is 5.82 Å². The Morgan fingerprint density at radius 1 is 0.838 bits per heavy atom. The molecule has 0 spiro atoms. The van der Waals surface area contributed by atoms with Gasteiger partial charge in [0.15, 0.2) is 0 Å². The van der Waals surface area contributed by atoms with E-state index in [0.29, 0.717) is 18.8 Å². The van der Waals surface area contributed by atoms with Gasteiger partial charge in [0.25, 0.3) is 0 Å². The Labute approximate surface area is 216 Å². The molecule has 0 unspecified atom stereocenters. The van der Waals surface area contributed by atoms with Crippen molar-refractivity contribution in [3.63, 3.8) is 0 Å². The summed E-state index contributed by atoms with van der Waals surface area (Å²) in [5, 5.41) is 12.2. The van der Waals surface area contributed by atoms with Crippen molar-refractivity contribution in [1.82, 2.24) is 14.9 Å². The quantitative estimate of drug-likeness (QED) is 0.240. The average Bonchev–Trinajstić information content (AvgIpc) is 2.90. The van der Waals surface area contributed by atoms with Crippen LogP contribution in [0, 0.1) is 24.0 Å². The van der Waals surface area contributed by atoms with Crippen molar-refractivity contribution in [3.05, 3.63) is 118 Å². The first kappa shape index (κ1) is 24.4. The number of rotatable bonds is 7. The summed E-state index contributed by atoms with van der Waals surface area (Å²) >= 11 is 0. The monoisotopic (exact) mass is 495 g/mol. The molecule has 0 radical (unpaired) electrons. The highest BCUT2D eigenvalue weighted by Crippen LogP contribution is 2.37. The number of ether oxygens (including phenoxy) is 1. The lowest BCUT2D eigenvalue weighted by Crippen LogP contribution is -2.48. The van der Waals surface area contributed by atoms with Gasteiger partial charge in [-0.3, -0.25) is 15.0 Å². The predicted molar refractivity (Wildman–Crippen MR) is 143 cm³/mol. The van der Waals surface area contributed by atoms with E-state index in [-0.39, 0.29) is 23.4 Å². The lowest BCUT2D eigenvalue weighted by Gasteiger charge is -2.40. The molecular weight excluding hydrogens is 466 g/mol. The van der Waals surface area contributed by atoms with Crippen LogP contribution in [0.4, 0.5) is 11.5 Å². The van der Waals surface area contributed by atoms with E-state index in [9.17, 15) is 10.1 Å². The molecule has 8 heteroatoms. The minimum absolute atomic E-state index is 0.0473. The van der Waals surface area contributed by atoms with Gasteiger partial charge in [0.1, 0.15) is 12.1 Å². The molecule has 8 nitrogen and oxygen atoms in total. The number of nitro groups is 1. The molecule has 37 heavy (non-hydrogen) atoms. The van der Waals surface area contributed by atoms with Crippen LogP contribution in [0.15, 0.2) is 85.2 Å². The molecule has 3 aromatic carbocycles. The van der Waals surface area contributed by atoms with Crippen molar-refractivity contribution < 1.29 is 9.66 Å². The van der Waals surface area contributed by atoms with Crippen LogP contribution in [-0.2, 0) is 0 Å². The first-order chi connectivity index (χ1) is 18.0. The first-order valence-corrected chi connectivity index (χ1v) is 12.3. The standard InChI is InChI=1S/C29H29N5O3/c1-21-17-22(2)19-25(18-21)37-29-27(34(35)36)28(30-20-31-29)33-15-13-32(14-16-33)26(23-9-5-3-6-10-23)24-11-7-4-8-12-24/h3-12,17-20,26H,13-16H2,1-2H3. The third-order valence-corrected chi connectivity index (χ3v) is 6.57. The molecule has 1 fully saturated rings. The zero-order chi connectivity index (χ0) is 25.8. The van der Waals surface area contributed by atoms with E-state index in [2.05, 4.69) is 63.4 Å². The molecular formula is C29H29N5O3. The maximum atomic E-state index is 12.2. The number of nitrogens with zero attached hydrogens (tertiary/aromatic N) is 5. The van der Waals surface area contributed by atoms with Gasteiger partial charge < -0.3 is 9.64 Å². The van der Waals surface area contributed by atoms with E-state index in [0.717, 1.165) is 24.2 Å². The van der Waals surface area contributed by atoms with Crippen molar-refractivity contribution in [2.45, 2.75) is 19.9 Å². The highest BCUT2D eigenvalue weighted by Gasteiger charge is 2.33. The zero-order valence-electron chi connectivity index (χ0n) is 20.9. The molecule has 188 valence electrons. The lowest BCUT2D eigenvalue weighted by molar-refractivity contribution is -0.385. The zero-order valence-corrected chi connectivity index (χ0v) is 20.9. The van der Waals surface area contributed by atoms with Gasteiger partial charge in [-0.05, 0) is 48.2 Å². The largest absolute Gasteiger partial charge is 0.434 e. The number of hydrogen-bond acceptors (Lipinski definition) is 7. The first-order valence-electron chi connectivity index (χ1n) is 12.3. The van der Waals surface area contributed by atoms with Gasteiger partial charge in [-0.25, -0.2) is 4.98 Å². The summed E-state index contributed by atoms with van der Waals surface area (Å²) in [6.45, 7) is 6.55. The molecule has 0 atom stereocenters. The highest BCUT2D eigenvalue weighted by atomic mass is 16.6. The Kier molecular flexibility index (Phi) is 7.09. The minimum Gasteiger partial charge on any atom is -0.434 e. The van der Waals surface area contributed by atoms with Crippen LogP contribution in [-0.4, -0.2) is 46.0 Å². The minimum atomic E-state index is -0.448. The summed E-state index contributed by atoms with van der Waals surface area (Å²) in [6, 6.07) is 26.7. The van der Waals surface area contributed by atoms with E-state index >= 15 is 0 Å². The average molecular weight is 496 g/mol. The molecule has 2 heterocycles. The summed E-state index contributed by atoms with van der Waals surface area (Å²) in [5.41, 5.74) is 4.25. The fourth-order valence-corrected chi connectivity index (χ4v) is 5.00. The van der Waals surface area contributed by atoms with E-state index in [1.54, 1.807) is 0 Å². The molecule has 0 amide bonds. The van der Waals surface area contributed by atoms with Crippen molar-refractivity contribution in [3.8, 4) is 11.6 Å². The maximum absolute atomic E-state index is 12.2. The fraction of sp³-hybridized carbons (Fsp3) is 0.241. The van der Waals surface area contributed by atoms with E-state index in [4.69, 9.17) is 4.74 Å². The number of benzene rings is 3. The normalized spacial score (nSPS) is 14.1. The molecule has 0 saturated carbocycles. The molecule has 5 rings (SSSR count). The molecule has 4 aromatic rings. The molecule has 1 aliphatic heterocycles. The second-order valence-electron chi connectivity index (χ2n) is 9.28. The van der Waals surface area contributed by atoms with Crippen molar-refractivity contribution in [1.29, 1.82) is 0 Å². The van der Waals surface area contributed by atoms with E-state index < -0.39 is 4.92 Å². The van der Waals surface area contributed by atoms with Crippen LogP contribution in [0.3, 0.4) is 0 Å². The van der Waals surface area contributed by atoms with E-state index in [1.807, 2.05) is 49.1 Å². The van der Waals surface area contributed by atoms with Gasteiger partial charge in [-0.15, -0.1) is 0 Å². The van der Waals surface area contributed by atoms with Gasteiger partial charge in [-0.1, -0.05) is 66.7 Å². The molecule has 0 bridgehead atoms. The van der Waals surface area contributed by atoms with Crippen molar-refractivity contribution in [2.75, 3.05) is 31.1 Å². The van der Waals surface area contributed by atoms with Gasteiger partial charge in [0.05, 0.1) is 11.0 Å². The Balaban J connectivity index is 1.39. The van der Waals surface area contributed by atoms with Gasteiger partial charge in [0, 0.05) is 26.2 Å². The Morgan fingerprint density at radius 3 is 1.95 bits per heavy atom. The predicted octanol–water partition coefficient (Wildman–Crippen LogP) is 5.71. The van der Waals surface area contributed by atoms with Crippen LogP contribution >= 0.6 is 0 Å². The van der Waals surface area contributed by atoms with Crippen LogP contribution in [0.2, 0.25) is 0 Å². The second kappa shape index (κ2) is 10.8. The summed E-state index contributed by atoms with van der Waals surface area (Å²) in [4.78, 5) is 24.5. The molecule has 1 saturated heterocycles. The van der Waals surface area contributed by atoms with Crippen molar-refractivity contribution >= 4 is 11.5 Å². The molecule has 0 N–H and O–H groups in total. The van der Waals surface area contributed by atoms with Gasteiger partial charge >= 0.3 is 11.6 Å². The third kappa shape index (κ3) is 5.44. The van der Waals surface area contributed by atoms with Gasteiger partial charge in [-0.2, -0.15) is 4.98 Å². The third-order valence-electron chi connectivity index (χ3n) is 6.57. The fourth-order valence-electron chi connectivity index (χ4n) is 5.00. The molecule has 1 aliphatic rings. The second-order valence-corrected chi connectivity index (χ2v) is 9.28. The van der Waals surface area contributed by atoms with Crippen LogP contribution in [0.25, 0.3) is 0 Å². The Bertz CT molecular complexity index is 1310. The number of hydrogen-bond donors (Lipinski definition) is 0. The summed E-state index contributed by atoms with van der Waals surface area (Å²) in [5.74, 6) is 0.757. The number of aromatic nitrogens is 2. The van der Waals surface area contributed by atoms with Crippen LogP contribution in [0.5, 0.6) is 11.6 Å². The smallest absolute Gasteiger partial charge is 0.373 e. The summed E-state index contributed by atoms with van der Waals surface area (Å²) < 4.78 is 5.91. The number of aryl methyl sites for hydroxylation is 2. The van der Waals surface area contributed by atoms with Crippen molar-refractivity contribution in [2.24, 2.45) is 0 Å². The topological polar surface area (TPSA) is 84.6 Å². The Hall–Kier alpha value is -4.30. The number of piperazine rings is 1. The lowest BCUT2D eigenvalue weighted by atomic mass is 9.96. The van der Waals surface area contributed by atoms with Crippen LogP contribution in [0.1, 0.15) is 28.3 Å². The molecule has 0 aliphatic carbocycles. The molecule has 1 aromatic heterocycles. The summed E-state index contributed by atoms with van der Waals surface area (Å²) in [7, 11) is 0. The number of anilines is 1. The Morgan fingerprint density at radius 2 is 1.41 bits per heavy atom. The SMILES string of the molecule is Cc1cc(C)cc(Oc2ncnc(N3CCN(C(c4ccccc4)c4ccccc4)CC3)c2[N+](=O)[O-])c1. The van der Waals surface area contributed by atoms with Crippen LogP contribution < -0.4 is 9.64 Å².